The summed E-state index contributed by atoms with van der Waals surface area (Å²) in [5.41, 5.74) is 0. The first kappa shape index (κ1) is 7.56. The molecule has 0 bridgehead atoms. The van der Waals surface area contributed by atoms with Gasteiger partial charge in [-0.1, -0.05) is 0 Å². The van der Waals surface area contributed by atoms with Crippen LogP contribution in [-0.2, 0) is 4.74 Å². The summed E-state index contributed by atoms with van der Waals surface area (Å²) in [4.78, 5) is 0. The highest BCUT2D eigenvalue weighted by Gasteiger charge is 2.33. The fourth-order valence-electron chi connectivity index (χ4n) is 2.46. The van der Waals surface area contributed by atoms with Gasteiger partial charge in [0.25, 0.3) is 0 Å². The van der Waals surface area contributed by atoms with Crippen molar-refractivity contribution in [3.05, 3.63) is 0 Å². The number of methoxy groups -OCH3 is 1. The van der Waals surface area contributed by atoms with Crippen LogP contribution >= 0.6 is 0 Å². The van der Waals surface area contributed by atoms with Crippen LogP contribution in [0, 0.1) is 5.92 Å². The Bertz CT molecular complexity index is 138. The SMILES string of the molecule is COC1CCC2CCNC2C1. The zero-order valence-electron chi connectivity index (χ0n) is 7.18. The average molecular weight is 155 g/mol. The summed E-state index contributed by atoms with van der Waals surface area (Å²) in [7, 11) is 1.83. The molecule has 0 spiro atoms. The first-order valence-electron chi connectivity index (χ1n) is 4.66. The Balaban J connectivity index is 1.91. The van der Waals surface area contributed by atoms with Gasteiger partial charge in [-0.25, -0.2) is 0 Å². The van der Waals surface area contributed by atoms with Gasteiger partial charge in [0.2, 0.25) is 0 Å². The van der Waals surface area contributed by atoms with E-state index in [1.165, 1.54) is 32.2 Å². The van der Waals surface area contributed by atoms with Crippen molar-refractivity contribution in [2.24, 2.45) is 5.92 Å². The molecule has 64 valence electrons. The van der Waals surface area contributed by atoms with Crippen molar-refractivity contribution in [1.82, 2.24) is 5.32 Å². The molecule has 3 atom stereocenters. The standard InChI is InChI=1S/C9H17NO/c1-11-8-3-2-7-4-5-10-9(7)6-8/h7-10H,2-6H2,1H3. The van der Waals surface area contributed by atoms with Gasteiger partial charge in [-0.05, 0) is 38.1 Å². The van der Waals surface area contributed by atoms with Crippen LogP contribution in [0.1, 0.15) is 25.7 Å². The van der Waals surface area contributed by atoms with Crippen LogP contribution < -0.4 is 5.32 Å². The minimum Gasteiger partial charge on any atom is -0.381 e. The summed E-state index contributed by atoms with van der Waals surface area (Å²) >= 11 is 0. The fourth-order valence-corrected chi connectivity index (χ4v) is 2.46. The maximum atomic E-state index is 5.36. The molecule has 1 aliphatic carbocycles. The zero-order chi connectivity index (χ0) is 7.68. The van der Waals surface area contributed by atoms with Crippen LogP contribution in [0.5, 0.6) is 0 Å². The summed E-state index contributed by atoms with van der Waals surface area (Å²) in [6.45, 7) is 1.23. The largest absolute Gasteiger partial charge is 0.381 e. The van der Waals surface area contributed by atoms with Gasteiger partial charge in [0.05, 0.1) is 6.10 Å². The highest BCUT2D eigenvalue weighted by Crippen LogP contribution is 2.31. The monoisotopic (exact) mass is 155 g/mol. The predicted molar refractivity (Wildman–Crippen MR) is 44.5 cm³/mol. The van der Waals surface area contributed by atoms with Gasteiger partial charge in [-0.3, -0.25) is 0 Å². The van der Waals surface area contributed by atoms with Crippen molar-refractivity contribution in [2.45, 2.75) is 37.8 Å². The van der Waals surface area contributed by atoms with Crippen molar-refractivity contribution in [2.75, 3.05) is 13.7 Å². The van der Waals surface area contributed by atoms with Gasteiger partial charge in [0, 0.05) is 13.2 Å². The molecule has 1 saturated heterocycles. The van der Waals surface area contributed by atoms with Gasteiger partial charge >= 0.3 is 0 Å². The number of hydrogen-bond donors (Lipinski definition) is 1. The summed E-state index contributed by atoms with van der Waals surface area (Å²) < 4.78 is 5.36. The number of rotatable bonds is 1. The molecule has 2 fully saturated rings. The van der Waals surface area contributed by atoms with Crippen LogP contribution in [0.3, 0.4) is 0 Å². The van der Waals surface area contributed by atoms with Gasteiger partial charge in [0.1, 0.15) is 0 Å². The van der Waals surface area contributed by atoms with Crippen LogP contribution in [0.15, 0.2) is 0 Å². The Kier molecular flexibility index (Phi) is 2.14. The fraction of sp³-hybridized carbons (Fsp3) is 1.00. The summed E-state index contributed by atoms with van der Waals surface area (Å²) in [5.74, 6) is 0.960. The van der Waals surface area contributed by atoms with Crippen LogP contribution in [0.4, 0.5) is 0 Å². The Morgan fingerprint density at radius 1 is 1.27 bits per heavy atom. The van der Waals surface area contributed by atoms with Crippen molar-refractivity contribution in [3.63, 3.8) is 0 Å². The highest BCUT2D eigenvalue weighted by molar-refractivity contribution is 4.90. The maximum Gasteiger partial charge on any atom is 0.0586 e. The van der Waals surface area contributed by atoms with E-state index in [0.29, 0.717) is 6.10 Å². The second-order valence-corrected chi connectivity index (χ2v) is 3.78. The molecule has 2 aliphatic rings. The van der Waals surface area contributed by atoms with Crippen molar-refractivity contribution in [3.8, 4) is 0 Å². The summed E-state index contributed by atoms with van der Waals surface area (Å²) in [6, 6.07) is 0.772. The topological polar surface area (TPSA) is 21.3 Å². The van der Waals surface area contributed by atoms with E-state index in [2.05, 4.69) is 5.32 Å². The molecule has 0 aromatic heterocycles. The minimum absolute atomic E-state index is 0.529. The summed E-state index contributed by atoms with van der Waals surface area (Å²) in [5, 5.41) is 3.54. The van der Waals surface area contributed by atoms with E-state index in [1.807, 2.05) is 7.11 Å². The molecule has 3 unspecified atom stereocenters. The Hall–Kier alpha value is -0.0800. The lowest BCUT2D eigenvalue weighted by Gasteiger charge is -2.30. The van der Waals surface area contributed by atoms with E-state index >= 15 is 0 Å². The van der Waals surface area contributed by atoms with Gasteiger partial charge in [0.15, 0.2) is 0 Å². The molecule has 2 rings (SSSR count). The van der Waals surface area contributed by atoms with Crippen LogP contribution in [-0.4, -0.2) is 25.8 Å². The number of fused-ring (bicyclic) bond motifs is 1. The molecule has 0 aromatic rings. The number of nitrogens with one attached hydrogen (secondary N) is 1. The van der Waals surface area contributed by atoms with E-state index < -0.39 is 0 Å². The van der Waals surface area contributed by atoms with Gasteiger partial charge in [-0.2, -0.15) is 0 Å². The van der Waals surface area contributed by atoms with Crippen molar-refractivity contribution < 1.29 is 4.74 Å². The normalized spacial score (nSPS) is 43.9. The van der Waals surface area contributed by atoms with E-state index in [0.717, 1.165) is 12.0 Å². The number of ether oxygens (including phenoxy) is 1. The van der Waals surface area contributed by atoms with E-state index in [1.54, 1.807) is 0 Å². The highest BCUT2D eigenvalue weighted by atomic mass is 16.5. The predicted octanol–water partition coefficient (Wildman–Crippen LogP) is 1.16. The second-order valence-electron chi connectivity index (χ2n) is 3.78. The van der Waals surface area contributed by atoms with Gasteiger partial charge in [-0.15, -0.1) is 0 Å². The van der Waals surface area contributed by atoms with E-state index in [-0.39, 0.29) is 0 Å². The van der Waals surface area contributed by atoms with Crippen molar-refractivity contribution in [1.29, 1.82) is 0 Å². The molecular weight excluding hydrogens is 138 g/mol. The maximum absolute atomic E-state index is 5.36. The second kappa shape index (κ2) is 3.11. The third-order valence-corrected chi connectivity index (χ3v) is 3.20. The summed E-state index contributed by atoms with van der Waals surface area (Å²) in [6.07, 6.45) is 5.81. The lowest BCUT2D eigenvalue weighted by molar-refractivity contribution is 0.0496. The minimum atomic E-state index is 0.529. The Morgan fingerprint density at radius 2 is 2.18 bits per heavy atom. The molecular formula is C9H17NO. The molecule has 1 aliphatic heterocycles. The third kappa shape index (κ3) is 1.42. The Morgan fingerprint density at radius 3 is 3.00 bits per heavy atom. The molecule has 11 heavy (non-hydrogen) atoms. The quantitative estimate of drug-likeness (QED) is 0.613. The van der Waals surface area contributed by atoms with E-state index in [9.17, 15) is 0 Å². The molecule has 0 amide bonds. The molecule has 0 radical (unpaired) electrons. The smallest absolute Gasteiger partial charge is 0.0586 e. The third-order valence-electron chi connectivity index (χ3n) is 3.20. The molecule has 0 aromatic carbocycles. The molecule has 1 heterocycles. The lowest BCUT2D eigenvalue weighted by atomic mass is 9.84. The Labute approximate surface area is 68.3 Å². The van der Waals surface area contributed by atoms with Crippen LogP contribution in [0.2, 0.25) is 0 Å². The first-order valence-corrected chi connectivity index (χ1v) is 4.66. The first-order chi connectivity index (χ1) is 5.40. The molecule has 2 heteroatoms. The van der Waals surface area contributed by atoms with E-state index in [4.69, 9.17) is 4.74 Å². The average Bonchev–Trinajstić information content (AvgIpc) is 2.50. The molecule has 1 saturated carbocycles. The van der Waals surface area contributed by atoms with Gasteiger partial charge < -0.3 is 10.1 Å². The lowest BCUT2D eigenvalue weighted by Crippen LogP contribution is -2.36. The van der Waals surface area contributed by atoms with Crippen molar-refractivity contribution >= 4 is 0 Å². The molecule has 2 nitrogen and oxygen atoms in total. The number of hydrogen-bond acceptors (Lipinski definition) is 2. The zero-order valence-corrected chi connectivity index (χ0v) is 7.18. The molecule has 1 N–H and O–H groups in total. The van der Waals surface area contributed by atoms with Crippen LogP contribution in [0.25, 0.3) is 0 Å².